The number of hydrogen-bond acceptors (Lipinski definition) is 4. The van der Waals surface area contributed by atoms with Crippen molar-refractivity contribution in [2.75, 3.05) is 26.7 Å². The highest BCUT2D eigenvalue weighted by molar-refractivity contribution is 6.15. The van der Waals surface area contributed by atoms with Crippen LogP contribution in [0.1, 0.15) is 50.5 Å². The van der Waals surface area contributed by atoms with Crippen molar-refractivity contribution < 1.29 is 14.3 Å². The van der Waals surface area contributed by atoms with E-state index in [9.17, 15) is 9.59 Å². The maximum atomic E-state index is 13.7. The number of amides is 2. The predicted molar refractivity (Wildman–Crippen MR) is 135 cm³/mol. The number of benzene rings is 2. The quantitative estimate of drug-likeness (QED) is 0.622. The van der Waals surface area contributed by atoms with Crippen LogP contribution in [0.2, 0.25) is 0 Å². The second-order valence-corrected chi connectivity index (χ2v) is 10.6. The van der Waals surface area contributed by atoms with Crippen LogP contribution in [0.3, 0.4) is 0 Å². The summed E-state index contributed by atoms with van der Waals surface area (Å²) in [6.45, 7) is 2.22. The van der Waals surface area contributed by atoms with Crippen molar-refractivity contribution in [3.8, 4) is 16.9 Å². The highest BCUT2D eigenvalue weighted by Gasteiger charge is 2.50. The lowest BCUT2D eigenvalue weighted by atomic mass is 9.97. The molecular formula is C29H33N3O3. The molecule has 0 bridgehead atoms. The first-order valence-electron chi connectivity index (χ1n) is 13.0. The average Bonchev–Trinajstić information content (AvgIpc) is 3.35. The molecule has 1 saturated heterocycles. The van der Waals surface area contributed by atoms with Crippen molar-refractivity contribution in [1.82, 2.24) is 9.80 Å². The summed E-state index contributed by atoms with van der Waals surface area (Å²) < 4.78 is 5.27. The molecule has 0 radical (unpaired) electrons. The molecule has 3 fully saturated rings. The van der Waals surface area contributed by atoms with E-state index in [2.05, 4.69) is 36.4 Å². The van der Waals surface area contributed by atoms with Gasteiger partial charge in [-0.25, -0.2) is 0 Å². The van der Waals surface area contributed by atoms with Gasteiger partial charge in [0.25, 0.3) is 5.91 Å². The predicted octanol–water partition coefficient (Wildman–Crippen LogP) is 4.52. The van der Waals surface area contributed by atoms with Gasteiger partial charge in [0.05, 0.1) is 7.11 Å². The van der Waals surface area contributed by atoms with E-state index in [1.165, 1.54) is 0 Å². The molecule has 2 amide bonds. The van der Waals surface area contributed by atoms with E-state index < -0.39 is 5.54 Å². The van der Waals surface area contributed by atoms with Crippen LogP contribution >= 0.6 is 0 Å². The molecule has 0 unspecified atom stereocenters. The molecule has 6 nitrogen and oxygen atoms in total. The van der Waals surface area contributed by atoms with Gasteiger partial charge in [-0.2, -0.15) is 0 Å². The molecule has 2 saturated carbocycles. The van der Waals surface area contributed by atoms with Gasteiger partial charge < -0.3 is 9.64 Å². The molecule has 2 aromatic carbocycles. The summed E-state index contributed by atoms with van der Waals surface area (Å²) in [4.78, 5) is 35.3. The summed E-state index contributed by atoms with van der Waals surface area (Å²) in [7, 11) is 1.67. The smallest absolute Gasteiger partial charge is 0.256 e. The van der Waals surface area contributed by atoms with E-state index in [1.54, 1.807) is 7.11 Å². The second kappa shape index (κ2) is 8.81. The topological polar surface area (TPSA) is 62.2 Å². The zero-order valence-corrected chi connectivity index (χ0v) is 20.4. The lowest BCUT2D eigenvalue weighted by molar-refractivity contribution is -0.131. The van der Waals surface area contributed by atoms with Crippen LogP contribution < -0.4 is 4.74 Å². The summed E-state index contributed by atoms with van der Waals surface area (Å²) in [5, 5.41) is 0. The van der Waals surface area contributed by atoms with E-state index in [1.807, 2.05) is 21.9 Å². The molecule has 2 heterocycles. The molecule has 6 rings (SSSR count). The van der Waals surface area contributed by atoms with Crippen LogP contribution in [-0.4, -0.2) is 59.7 Å². The van der Waals surface area contributed by atoms with Crippen molar-refractivity contribution in [2.24, 2.45) is 16.8 Å². The number of aliphatic imine (C=N–C) groups is 1. The standard InChI is InChI=1S/C29H33N3O3/c1-35-25-12-10-22(11-13-25)21-4-6-23(7-5-21)26-30-29(15-2-3-16-29)28(34)32(26)19-20-14-17-31(18-20)27(33)24-8-9-24/h4-7,10-13,20,24H,2-3,8-9,14-19H2,1H3/t20-/m1/s1. The molecule has 2 aliphatic carbocycles. The maximum Gasteiger partial charge on any atom is 0.256 e. The minimum Gasteiger partial charge on any atom is -0.497 e. The minimum absolute atomic E-state index is 0.163. The maximum absolute atomic E-state index is 13.7. The number of amidine groups is 1. The van der Waals surface area contributed by atoms with E-state index >= 15 is 0 Å². The Kier molecular flexibility index (Phi) is 5.62. The summed E-state index contributed by atoms with van der Waals surface area (Å²) >= 11 is 0. The fourth-order valence-electron chi connectivity index (χ4n) is 5.96. The van der Waals surface area contributed by atoms with Crippen LogP contribution in [-0.2, 0) is 9.59 Å². The Morgan fingerprint density at radius 1 is 0.971 bits per heavy atom. The van der Waals surface area contributed by atoms with Gasteiger partial charge in [0, 0.05) is 31.1 Å². The number of likely N-dealkylation sites (tertiary alicyclic amines) is 1. The number of hydrogen-bond donors (Lipinski definition) is 0. The SMILES string of the molecule is COc1ccc(-c2ccc(C3=NC4(CCCC4)C(=O)N3C[C@@H]3CCN(C(=O)C4CC4)C3)cc2)cc1. The minimum atomic E-state index is -0.577. The summed E-state index contributed by atoms with van der Waals surface area (Å²) in [6.07, 6.45) is 6.82. The molecule has 1 spiro atoms. The normalized spacial score (nSPS) is 23.3. The van der Waals surface area contributed by atoms with Gasteiger partial charge in [-0.1, -0.05) is 49.2 Å². The highest BCUT2D eigenvalue weighted by Crippen LogP contribution is 2.41. The molecule has 0 aromatic heterocycles. The summed E-state index contributed by atoms with van der Waals surface area (Å²) in [5.74, 6) is 2.69. The van der Waals surface area contributed by atoms with Crippen molar-refractivity contribution >= 4 is 17.6 Å². The third-order valence-electron chi connectivity index (χ3n) is 8.18. The monoisotopic (exact) mass is 471 g/mol. The van der Waals surface area contributed by atoms with Gasteiger partial charge in [0.1, 0.15) is 17.1 Å². The fourth-order valence-corrected chi connectivity index (χ4v) is 5.96. The second-order valence-electron chi connectivity index (χ2n) is 10.6. The van der Waals surface area contributed by atoms with Crippen molar-refractivity contribution in [3.63, 3.8) is 0 Å². The Hall–Kier alpha value is -3.15. The number of ether oxygens (including phenoxy) is 1. The molecule has 1 atom stereocenters. The molecule has 2 aromatic rings. The molecule has 0 N–H and O–H groups in total. The molecule has 35 heavy (non-hydrogen) atoms. The Morgan fingerprint density at radius 3 is 2.23 bits per heavy atom. The summed E-state index contributed by atoms with van der Waals surface area (Å²) in [5.41, 5.74) is 2.65. The number of rotatable bonds is 6. The Morgan fingerprint density at radius 2 is 1.60 bits per heavy atom. The van der Waals surface area contributed by atoms with Crippen LogP contribution in [0.15, 0.2) is 53.5 Å². The molecule has 2 aliphatic heterocycles. The molecule has 6 heteroatoms. The van der Waals surface area contributed by atoms with Crippen molar-refractivity contribution in [3.05, 3.63) is 54.1 Å². The Balaban J connectivity index is 1.23. The fraction of sp³-hybridized carbons (Fsp3) is 0.483. The van der Waals surface area contributed by atoms with Gasteiger partial charge >= 0.3 is 0 Å². The van der Waals surface area contributed by atoms with Gasteiger partial charge in [0.2, 0.25) is 5.91 Å². The Labute approximate surface area is 207 Å². The van der Waals surface area contributed by atoms with E-state index in [4.69, 9.17) is 9.73 Å². The first-order valence-corrected chi connectivity index (χ1v) is 13.0. The molecular weight excluding hydrogens is 438 g/mol. The van der Waals surface area contributed by atoms with E-state index in [0.29, 0.717) is 18.4 Å². The van der Waals surface area contributed by atoms with Crippen molar-refractivity contribution in [2.45, 2.75) is 50.5 Å². The van der Waals surface area contributed by atoms with Gasteiger partial charge in [0.15, 0.2) is 0 Å². The van der Waals surface area contributed by atoms with Crippen molar-refractivity contribution in [1.29, 1.82) is 0 Å². The van der Waals surface area contributed by atoms with Gasteiger partial charge in [-0.3, -0.25) is 19.5 Å². The summed E-state index contributed by atoms with van der Waals surface area (Å²) in [6, 6.07) is 16.4. The third-order valence-corrected chi connectivity index (χ3v) is 8.18. The number of nitrogens with zero attached hydrogens (tertiary/aromatic N) is 3. The van der Waals surface area contributed by atoms with Crippen LogP contribution in [0.25, 0.3) is 11.1 Å². The zero-order valence-electron chi connectivity index (χ0n) is 20.4. The largest absolute Gasteiger partial charge is 0.497 e. The van der Waals surface area contributed by atoms with Gasteiger partial charge in [-0.15, -0.1) is 0 Å². The first kappa shape index (κ1) is 22.3. The third kappa shape index (κ3) is 4.13. The lowest BCUT2D eigenvalue weighted by Gasteiger charge is -2.25. The van der Waals surface area contributed by atoms with Crippen LogP contribution in [0.5, 0.6) is 5.75 Å². The first-order chi connectivity index (χ1) is 17.1. The van der Waals surface area contributed by atoms with Crippen LogP contribution in [0, 0.1) is 11.8 Å². The number of carbonyl (C=O) groups excluding carboxylic acids is 2. The van der Waals surface area contributed by atoms with Gasteiger partial charge in [-0.05, 0) is 61.3 Å². The highest BCUT2D eigenvalue weighted by atomic mass is 16.5. The van der Waals surface area contributed by atoms with Crippen LogP contribution in [0.4, 0.5) is 0 Å². The molecule has 182 valence electrons. The number of carbonyl (C=O) groups is 2. The molecule has 4 aliphatic rings. The lowest BCUT2D eigenvalue weighted by Crippen LogP contribution is -2.44. The Bertz CT molecular complexity index is 1140. The van der Waals surface area contributed by atoms with E-state index in [0.717, 1.165) is 86.3 Å². The van der Waals surface area contributed by atoms with E-state index in [-0.39, 0.29) is 11.8 Å². The zero-order chi connectivity index (χ0) is 24.0. The average molecular weight is 472 g/mol. The number of methoxy groups -OCH3 is 1.